The van der Waals surface area contributed by atoms with Crippen LogP contribution in [0, 0.1) is 0 Å². The molecule has 1 aromatic rings. The van der Waals surface area contributed by atoms with E-state index >= 15 is 0 Å². The first kappa shape index (κ1) is 16.2. The number of carbonyl (C=O) groups is 3. The van der Waals surface area contributed by atoms with Gasteiger partial charge in [0.2, 0.25) is 0 Å². The van der Waals surface area contributed by atoms with Gasteiger partial charge in [-0.2, -0.15) is 0 Å². The van der Waals surface area contributed by atoms with E-state index in [0.29, 0.717) is 30.8 Å². The first-order valence-corrected chi connectivity index (χ1v) is 7.33. The van der Waals surface area contributed by atoms with Crippen molar-refractivity contribution in [2.45, 2.75) is 19.8 Å². The molecule has 0 atom stereocenters. The van der Waals surface area contributed by atoms with Crippen molar-refractivity contribution in [3.63, 3.8) is 0 Å². The highest BCUT2D eigenvalue weighted by atomic mass is 16.6. The SMILES string of the molecule is CCOCCOC(=O)CCCN1C(=O)c2ccccc2C1=O. The average molecular weight is 305 g/mol. The summed E-state index contributed by atoms with van der Waals surface area (Å²) in [6, 6.07) is 6.72. The summed E-state index contributed by atoms with van der Waals surface area (Å²) in [6.07, 6.45) is 0.554. The molecule has 1 aromatic carbocycles. The third-order valence-corrected chi connectivity index (χ3v) is 3.34. The Morgan fingerprint density at radius 1 is 1.09 bits per heavy atom. The Morgan fingerprint density at radius 3 is 2.32 bits per heavy atom. The number of rotatable bonds is 8. The van der Waals surface area contributed by atoms with Crippen molar-refractivity contribution < 1.29 is 23.9 Å². The molecule has 22 heavy (non-hydrogen) atoms. The van der Waals surface area contributed by atoms with Crippen molar-refractivity contribution in [1.29, 1.82) is 0 Å². The minimum absolute atomic E-state index is 0.166. The number of nitrogens with zero attached hydrogens (tertiary/aromatic N) is 1. The van der Waals surface area contributed by atoms with Crippen LogP contribution in [0.4, 0.5) is 0 Å². The lowest BCUT2D eigenvalue weighted by Crippen LogP contribution is -2.31. The van der Waals surface area contributed by atoms with Gasteiger partial charge in [0, 0.05) is 19.6 Å². The molecule has 6 nitrogen and oxygen atoms in total. The van der Waals surface area contributed by atoms with E-state index < -0.39 is 0 Å². The fourth-order valence-electron chi connectivity index (χ4n) is 2.25. The van der Waals surface area contributed by atoms with Gasteiger partial charge in [-0.05, 0) is 25.5 Å². The third kappa shape index (κ3) is 3.71. The average Bonchev–Trinajstić information content (AvgIpc) is 2.77. The lowest BCUT2D eigenvalue weighted by atomic mass is 10.1. The topological polar surface area (TPSA) is 72.9 Å². The summed E-state index contributed by atoms with van der Waals surface area (Å²) in [5.41, 5.74) is 0.846. The molecule has 0 radical (unpaired) electrons. The third-order valence-electron chi connectivity index (χ3n) is 3.34. The number of fused-ring (bicyclic) bond motifs is 1. The molecule has 0 saturated heterocycles. The first-order valence-electron chi connectivity index (χ1n) is 7.33. The molecule has 2 rings (SSSR count). The molecule has 6 heteroatoms. The number of imide groups is 1. The van der Waals surface area contributed by atoms with Gasteiger partial charge in [0.15, 0.2) is 0 Å². The van der Waals surface area contributed by atoms with E-state index in [1.54, 1.807) is 24.3 Å². The van der Waals surface area contributed by atoms with Crippen LogP contribution in [0.25, 0.3) is 0 Å². The molecule has 0 unspecified atom stereocenters. The predicted molar refractivity (Wildman–Crippen MR) is 78.5 cm³/mol. The van der Waals surface area contributed by atoms with Crippen molar-refractivity contribution >= 4 is 17.8 Å². The Balaban J connectivity index is 1.75. The summed E-state index contributed by atoms with van der Waals surface area (Å²) < 4.78 is 10.0. The minimum atomic E-state index is -0.351. The second-order valence-corrected chi connectivity index (χ2v) is 4.83. The molecular weight excluding hydrogens is 286 g/mol. The summed E-state index contributed by atoms with van der Waals surface area (Å²) in [4.78, 5) is 36.9. The maximum atomic E-state index is 12.1. The fourth-order valence-corrected chi connectivity index (χ4v) is 2.25. The van der Waals surface area contributed by atoms with E-state index in [9.17, 15) is 14.4 Å². The number of ether oxygens (including phenoxy) is 2. The Labute approximate surface area is 129 Å². The minimum Gasteiger partial charge on any atom is -0.463 e. The smallest absolute Gasteiger partial charge is 0.305 e. The predicted octanol–water partition coefficient (Wildman–Crippen LogP) is 1.64. The van der Waals surface area contributed by atoms with E-state index in [2.05, 4.69) is 0 Å². The molecule has 0 bridgehead atoms. The Morgan fingerprint density at radius 2 is 1.73 bits per heavy atom. The lowest BCUT2D eigenvalue weighted by Gasteiger charge is -2.13. The summed E-state index contributed by atoms with van der Waals surface area (Å²) >= 11 is 0. The number of hydrogen-bond donors (Lipinski definition) is 0. The molecule has 0 saturated carbocycles. The number of hydrogen-bond acceptors (Lipinski definition) is 5. The van der Waals surface area contributed by atoms with Crippen LogP contribution in [0.3, 0.4) is 0 Å². The highest BCUT2D eigenvalue weighted by Gasteiger charge is 2.34. The largest absolute Gasteiger partial charge is 0.463 e. The van der Waals surface area contributed by atoms with Crippen molar-refractivity contribution in [2.24, 2.45) is 0 Å². The second kappa shape index (κ2) is 7.70. The Kier molecular flexibility index (Phi) is 5.66. The Hall–Kier alpha value is -2.21. The molecule has 1 aliphatic heterocycles. The normalized spacial score (nSPS) is 13.4. The lowest BCUT2D eigenvalue weighted by molar-refractivity contribution is -0.145. The number of amides is 2. The quantitative estimate of drug-likeness (QED) is 0.415. The van der Waals surface area contributed by atoms with Gasteiger partial charge in [0.1, 0.15) is 6.61 Å². The van der Waals surface area contributed by atoms with Gasteiger partial charge in [-0.15, -0.1) is 0 Å². The maximum absolute atomic E-state index is 12.1. The zero-order valence-electron chi connectivity index (χ0n) is 12.5. The molecule has 0 aliphatic carbocycles. The number of benzene rings is 1. The molecule has 0 N–H and O–H groups in total. The van der Waals surface area contributed by atoms with Crippen molar-refractivity contribution in [3.05, 3.63) is 35.4 Å². The first-order chi connectivity index (χ1) is 10.6. The van der Waals surface area contributed by atoms with Gasteiger partial charge < -0.3 is 9.47 Å². The van der Waals surface area contributed by atoms with Gasteiger partial charge in [-0.1, -0.05) is 12.1 Å². The summed E-state index contributed by atoms with van der Waals surface area (Å²) in [5, 5.41) is 0. The van der Waals surface area contributed by atoms with E-state index in [4.69, 9.17) is 9.47 Å². The zero-order valence-corrected chi connectivity index (χ0v) is 12.5. The highest BCUT2D eigenvalue weighted by molar-refractivity contribution is 6.21. The van der Waals surface area contributed by atoms with Crippen molar-refractivity contribution in [2.75, 3.05) is 26.4 Å². The van der Waals surface area contributed by atoms with Crippen LogP contribution >= 0.6 is 0 Å². The highest BCUT2D eigenvalue weighted by Crippen LogP contribution is 2.22. The molecule has 0 fully saturated rings. The van der Waals surface area contributed by atoms with Gasteiger partial charge in [-0.3, -0.25) is 19.3 Å². The molecule has 1 aliphatic rings. The van der Waals surface area contributed by atoms with Crippen LogP contribution in [0.2, 0.25) is 0 Å². The van der Waals surface area contributed by atoms with Gasteiger partial charge in [0.25, 0.3) is 11.8 Å². The van der Waals surface area contributed by atoms with Gasteiger partial charge in [-0.25, -0.2) is 0 Å². The van der Waals surface area contributed by atoms with E-state index in [-0.39, 0.29) is 37.4 Å². The maximum Gasteiger partial charge on any atom is 0.305 e. The van der Waals surface area contributed by atoms with Crippen molar-refractivity contribution in [1.82, 2.24) is 4.90 Å². The van der Waals surface area contributed by atoms with Gasteiger partial charge >= 0.3 is 5.97 Å². The molecular formula is C16H19NO5. The number of carbonyl (C=O) groups excluding carboxylic acids is 3. The summed E-state index contributed by atoms with van der Waals surface area (Å²) in [5.74, 6) is -0.952. The molecule has 1 heterocycles. The van der Waals surface area contributed by atoms with E-state index in [1.165, 1.54) is 4.90 Å². The van der Waals surface area contributed by atoms with Crippen LogP contribution in [0.5, 0.6) is 0 Å². The molecule has 0 spiro atoms. The van der Waals surface area contributed by atoms with E-state index in [0.717, 1.165) is 0 Å². The summed E-state index contributed by atoms with van der Waals surface area (Å²) in [6.45, 7) is 3.26. The van der Waals surface area contributed by atoms with Crippen LogP contribution in [-0.4, -0.2) is 49.0 Å². The van der Waals surface area contributed by atoms with Crippen LogP contribution in [0.15, 0.2) is 24.3 Å². The summed E-state index contributed by atoms with van der Waals surface area (Å²) in [7, 11) is 0. The van der Waals surface area contributed by atoms with Gasteiger partial charge in [0.05, 0.1) is 17.7 Å². The van der Waals surface area contributed by atoms with Crippen molar-refractivity contribution in [3.8, 4) is 0 Å². The van der Waals surface area contributed by atoms with E-state index in [1.807, 2.05) is 6.92 Å². The molecule has 118 valence electrons. The monoisotopic (exact) mass is 305 g/mol. The molecule has 0 aromatic heterocycles. The fraction of sp³-hybridized carbons (Fsp3) is 0.438. The van der Waals surface area contributed by atoms with Crippen LogP contribution in [0.1, 0.15) is 40.5 Å². The van der Waals surface area contributed by atoms with Crippen LogP contribution < -0.4 is 0 Å². The molecule has 2 amide bonds. The Bertz CT molecular complexity index is 534. The number of esters is 1. The standard InChI is InChI=1S/C16H19NO5/c1-2-21-10-11-22-14(18)8-5-9-17-15(19)12-6-3-4-7-13(12)16(17)20/h3-4,6-7H,2,5,8-11H2,1H3. The van der Waals surface area contributed by atoms with Crippen LogP contribution in [-0.2, 0) is 14.3 Å². The zero-order chi connectivity index (χ0) is 15.9. The second-order valence-electron chi connectivity index (χ2n) is 4.83.